The first-order chi connectivity index (χ1) is 11.8. The number of amides is 1. The second-order valence-electron chi connectivity index (χ2n) is 5.99. The Hall–Kier alpha value is -2.40. The van der Waals surface area contributed by atoms with Gasteiger partial charge in [0.05, 0.1) is 13.2 Å². The minimum absolute atomic E-state index is 0.0177. The van der Waals surface area contributed by atoms with Crippen molar-refractivity contribution in [3.05, 3.63) is 59.9 Å². The van der Waals surface area contributed by atoms with E-state index in [1.807, 2.05) is 42.5 Å². The Labute approximate surface area is 142 Å². The van der Waals surface area contributed by atoms with Gasteiger partial charge >= 0.3 is 0 Å². The van der Waals surface area contributed by atoms with E-state index in [1.165, 1.54) is 5.56 Å². The standard InChI is InChI=1S/C19H23N3O2/c1-24-17-7-5-15(6-8-17)14-22-13-10-18(22)19(23)21-12-9-16-4-2-3-11-20-16/h2-8,11,18H,9-10,12-14H2,1H3,(H,21,23). The lowest BCUT2D eigenvalue weighted by atomic mass is 10.0. The lowest BCUT2D eigenvalue weighted by Crippen LogP contribution is -2.55. The van der Waals surface area contributed by atoms with E-state index in [1.54, 1.807) is 13.3 Å². The number of nitrogens with one attached hydrogen (secondary N) is 1. The van der Waals surface area contributed by atoms with Crippen LogP contribution in [-0.2, 0) is 17.8 Å². The molecule has 5 heteroatoms. The smallest absolute Gasteiger partial charge is 0.237 e. The lowest BCUT2D eigenvalue weighted by Gasteiger charge is -2.39. The molecule has 1 aromatic carbocycles. The number of hydrogen-bond acceptors (Lipinski definition) is 4. The van der Waals surface area contributed by atoms with Crippen molar-refractivity contribution >= 4 is 5.91 Å². The Morgan fingerprint density at radius 3 is 2.75 bits per heavy atom. The lowest BCUT2D eigenvalue weighted by molar-refractivity contribution is -0.131. The van der Waals surface area contributed by atoms with Crippen molar-refractivity contribution in [3.63, 3.8) is 0 Å². The van der Waals surface area contributed by atoms with Crippen LogP contribution in [0.5, 0.6) is 5.75 Å². The van der Waals surface area contributed by atoms with Gasteiger partial charge in [-0.15, -0.1) is 0 Å². The highest BCUT2D eigenvalue weighted by Gasteiger charge is 2.33. The summed E-state index contributed by atoms with van der Waals surface area (Å²) >= 11 is 0. The quantitative estimate of drug-likeness (QED) is 0.846. The molecule has 24 heavy (non-hydrogen) atoms. The summed E-state index contributed by atoms with van der Waals surface area (Å²) in [6.45, 7) is 2.38. The van der Waals surface area contributed by atoms with Crippen molar-refractivity contribution < 1.29 is 9.53 Å². The van der Waals surface area contributed by atoms with Gasteiger partial charge in [0.15, 0.2) is 0 Å². The zero-order valence-electron chi connectivity index (χ0n) is 13.9. The molecule has 3 rings (SSSR count). The Balaban J connectivity index is 1.45. The van der Waals surface area contributed by atoms with Crippen LogP contribution in [0, 0.1) is 0 Å². The summed E-state index contributed by atoms with van der Waals surface area (Å²) in [7, 11) is 1.66. The van der Waals surface area contributed by atoms with Gasteiger partial charge < -0.3 is 10.1 Å². The largest absolute Gasteiger partial charge is 0.497 e. The average Bonchev–Trinajstić information content (AvgIpc) is 2.60. The van der Waals surface area contributed by atoms with E-state index < -0.39 is 0 Å². The van der Waals surface area contributed by atoms with Gasteiger partial charge in [-0.3, -0.25) is 14.7 Å². The third kappa shape index (κ3) is 4.11. The van der Waals surface area contributed by atoms with Crippen molar-refractivity contribution in [2.24, 2.45) is 0 Å². The van der Waals surface area contributed by atoms with Gasteiger partial charge in [0, 0.05) is 37.9 Å². The molecule has 1 aromatic heterocycles. The molecule has 1 saturated heterocycles. The Kier molecular flexibility index (Phi) is 5.43. The van der Waals surface area contributed by atoms with E-state index in [2.05, 4.69) is 15.2 Å². The van der Waals surface area contributed by atoms with Crippen LogP contribution in [0.25, 0.3) is 0 Å². The molecule has 5 nitrogen and oxygen atoms in total. The molecular weight excluding hydrogens is 302 g/mol. The first-order valence-corrected chi connectivity index (χ1v) is 8.31. The highest BCUT2D eigenvalue weighted by Crippen LogP contribution is 2.21. The third-order valence-electron chi connectivity index (χ3n) is 4.38. The molecule has 0 spiro atoms. The van der Waals surface area contributed by atoms with Gasteiger partial charge in [-0.1, -0.05) is 18.2 Å². The molecular formula is C19H23N3O2. The summed E-state index contributed by atoms with van der Waals surface area (Å²) in [4.78, 5) is 18.8. The number of aromatic nitrogens is 1. The summed E-state index contributed by atoms with van der Waals surface area (Å²) in [5.41, 5.74) is 2.20. The summed E-state index contributed by atoms with van der Waals surface area (Å²) in [5.74, 6) is 0.969. The summed E-state index contributed by atoms with van der Waals surface area (Å²) in [6, 6.07) is 13.8. The number of carbonyl (C=O) groups is 1. The molecule has 0 radical (unpaired) electrons. The molecule has 1 amide bonds. The molecule has 1 N–H and O–H groups in total. The Bertz CT molecular complexity index is 658. The maximum atomic E-state index is 12.3. The molecule has 0 saturated carbocycles. The highest BCUT2D eigenvalue weighted by molar-refractivity contribution is 5.82. The first-order valence-electron chi connectivity index (χ1n) is 8.31. The van der Waals surface area contributed by atoms with Crippen LogP contribution in [0.2, 0.25) is 0 Å². The topological polar surface area (TPSA) is 54.5 Å². The normalized spacial score (nSPS) is 17.1. The number of ether oxygens (including phenoxy) is 1. The molecule has 126 valence electrons. The minimum Gasteiger partial charge on any atom is -0.497 e. The highest BCUT2D eigenvalue weighted by atomic mass is 16.5. The molecule has 1 aliphatic rings. The van der Waals surface area contributed by atoms with Crippen molar-refractivity contribution in [2.75, 3.05) is 20.2 Å². The maximum absolute atomic E-state index is 12.3. The minimum atomic E-state index is -0.0177. The second kappa shape index (κ2) is 7.93. The van der Waals surface area contributed by atoms with E-state index in [9.17, 15) is 4.79 Å². The number of carbonyl (C=O) groups excluding carboxylic acids is 1. The van der Waals surface area contributed by atoms with E-state index in [-0.39, 0.29) is 11.9 Å². The number of hydrogen-bond donors (Lipinski definition) is 1. The fourth-order valence-corrected chi connectivity index (χ4v) is 2.87. The monoisotopic (exact) mass is 325 g/mol. The number of benzene rings is 1. The number of rotatable bonds is 7. The van der Waals surface area contributed by atoms with Crippen LogP contribution >= 0.6 is 0 Å². The molecule has 0 bridgehead atoms. The van der Waals surface area contributed by atoms with Gasteiger partial charge in [-0.2, -0.15) is 0 Å². The van der Waals surface area contributed by atoms with Crippen LogP contribution in [-0.4, -0.2) is 42.0 Å². The Morgan fingerprint density at radius 2 is 2.12 bits per heavy atom. The van der Waals surface area contributed by atoms with E-state index in [0.29, 0.717) is 6.54 Å². The number of likely N-dealkylation sites (tertiary alicyclic amines) is 1. The Morgan fingerprint density at radius 1 is 1.29 bits per heavy atom. The van der Waals surface area contributed by atoms with Gasteiger partial charge in [-0.25, -0.2) is 0 Å². The van der Waals surface area contributed by atoms with Crippen molar-refractivity contribution in [2.45, 2.75) is 25.4 Å². The van der Waals surface area contributed by atoms with Crippen LogP contribution < -0.4 is 10.1 Å². The molecule has 2 aromatic rings. The van der Waals surface area contributed by atoms with Gasteiger partial charge in [0.2, 0.25) is 5.91 Å². The number of pyridine rings is 1. The van der Waals surface area contributed by atoms with E-state index >= 15 is 0 Å². The van der Waals surface area contributed by atoms with Crippen molar-refractivity contribution in [1.82, 2.24) is 15.2 Å². The number of nitrogens with zero attached hydrogens (tertiary/aromatic N) is 2. The van der Waals surface area contributed by atoms with Crippen molar-refractivity contribution in [3.8, 4) is 5.75 Å². The third-order valence-corrected chi connectivity index (χ3v) is 4.38. The molecule has 1 unspecified atom stereocenters. The zero-order chi connectivity index (χ0) is 16.8. The predicted octanol–water partition coefficient (Wildman–Crippen LogP) is 2.02. The summed E-state index contributed by atoms with van der Waals surface area (Å²) in [6.07, 6.45) is 3.46. The second-order valence-corrected chi connectivity index (χ2v) is 5.99. The maximum Gasteiger partial charge on any atom is 0.237 e. The first kappa shape index (κ1) is 16.5. The summed E-state index contributed by atoms with van der Waals surface area (Å²) < 4.78 is 5.17. The van der Waals surface area contributed by atoms with Crippen LogP contribution in [0.15, 0.2) is 48.7 Å². The molecule has 1 fully saturated rings. The molecule has 1 atom stereocenters. The molecule has 2 heterocycles. The van der Waals surface area contributed by atoms with Crippen LogP contribution in [0.3, 0.4) is 0 Å². The predicted molar refractivity (Wildman–Crippen MR) is 92.8 cm³/mol. The molecule has 0 aliphatic carbocycles. The SMILES string of the molecule is COc1ccc(CN2CCC2C(=O)NCCc2ccccn2)cc1. The van der Waals surface area contributed by atoms with Crippen LogP contribution in [0.1, 0.15) is 17.7 Å². The van der Waals surface area contributed by atoms with E-state index in [4.69, 9.17) is 4.74 Å². The zero-order valence-corrected chi connectivity index (χ0v) is 13.9. The number of methoxy groups -OCH3 is 1. The van der Waals surface area contributed by atoms with Gasteiger partial charge in [0.25, 0.3) is 0 Å². The van der Waals surface area contributed by atoms with Crippen molar-refractivity contribution in [1.29, 1.82) is 0 Å². The average molecular weight is 325 g/mol. The van der Waals surface area contributed by atoms with Gasteiger partial charge in [-0.05, 0) is 36.2 Å². The fraction of sp³-hybridized carbons (Fsp3) is 0.368. The fourth-order valence-electron chi connectivity index (χ4n) is 2.87. The van der Waals surface area contributed by atoms with Gasteiger partial charge in [0.1, 0.15) is 5.75 Å². The summed E-state index contributed by atoms with van der Waals surface area (Å²) in [5, 5.41) is 3.03. The van der Waals surface area contributed by atoms with E-state index in [0.717, 1.165) is 37.4 Å². The molecule has 1 aliphatic heterocycles. The van der Waals surface area contributed by atoms with Crippen LogP contribution in [0.4, 0.5) is 0 Å².